The van der Waals surface area contributed by atoms with Crippen molar-refractivity contribution in [3.8, 4) is 0 Å². The normalized spacial score (nSPS) is 17.2. The second-order valence-electron chi connectivity index (χ2n) is 5.04. The molecule has 1 aliphatic rings. The monoisotopic (exact) mass is 227 g/mol. The lowest BCUT2D eigenvalue weighted by atomic mass is 10.1. The molecule has 0 aromatic heterocycles. The highest BCUT2D eigenvalue weighted by Gasteiger charge is 2.33. The van der Waals surface area contributed by atoms with E-state index in [0.29, 0.717) is 18.3 Å². The van der Waals surface area contributed by atoms with Crippen molar-refractivity contribution in [2.24, 2.45) is 11.8 Å². The molecule has 4 nitrogen and oxygen atoms in total. The SMILES string of the molecule is CC(C)CCC(=O)NC(CC(=O)O)C1CC1. The van der Waals surface area contributed by atoms with E-state index in [0.717, 1.165) is 19.3 Å². The Labute approximate surface area is 96.4 Å². The molecule has 1 aliphatic carbocycles. The van der Waals surface area contributed by atoms with E-state index in [1.807, 2.05) is 0 Å². The summed E-state index contributed by atoms with van der Waals surface area (Å²) in [6.45, 7) is 4.14. The molecule has 0 spiro atoms. The van der Waals surface area contributed by atoms with Crippen molar-refractivity contribution in [1.29, 1.82) is 0 Å². The van der Waals surface area contributed by atoms with Gasteiger partial charge in [-0.1, -0.05) is 13.8 Å². The van der Waals surface area contributed by atoms with Crippen molar-refractivity contribution >= 4 is 11.9 Å². The summed E-state index contributed by atoms with van der Waals surface area (Å²) in [5, 5.41) is 11.6. The van der Waals surface area contributed by atoms with Crippen molar-refractivity contribution in [2.75, 3.05) is 0 Å². The van der Waals surface area contributed by atoms with Crippen LogP contribution in [0.1, 0.15) is 46.0 Å². The molecule has 1 saturated carbocycles. The maximum absolute atomic E-state index is 11.6. The summed E-state index contributed by atoms with van der Waals surface area (Å²) in [5.74, 6) is 0.0524. The van der Waals surface area contributed by atoms with Gasteiger partial charge in [-0.25, -0.2) is 0 Å². The van der Waals surface area contributed by atoms with Crippen LogP contribution in [0.3, 0.4) is 0 Å². The molecule has 92 valence electrons. The standard InChI is InChI=1S/C12H21NO3/c1-8(2)3-6-11(14)13-10(7-12(15)16)9-4-5-9/h8-10H,3-7H2,1-2H3,(H,13,14)(H,15,16). The third-order valence-corrected chi connectivity index (χ3v) is 2.88. The van der Waals surface area contributed by atoms with Gasteiger partial charge < -0.3 is 10.4 Å². The van der Waals surface area contributed by atoms with Gasteiger partial charge in [0.15, 0.2) is 0 Å². The Morgan fingerprint density at radius 2 is 2.00 bits per heavy atom. The first-order valence-corrected chi connectivity index (χ1v) is 6.00. The molecular weight excluding hydrogens is 206 g/mol. The van der Waals surface area contributed by atoms with Crippen LogP contribution in [0.2, 0.25) is 0 Å². The van der Waals surface area contributed by atoms with Crippen molar-refractivity contribution in [3.05, 3.63) is 0 Å². The average molecular weight is 227 g/mol. The van der Waals surface area contributed by atoms with Gasteiger partial charge in [0.1, 0.15) is 0 Å². The number of carboxylic acid groups (broad SMARTS) is 1. The second kappa shape index (κ2) is 5.87. The lowest BCUT2D eigenvalue weighted by Crippen LogP contribution is -2.38. The Kier molecular flexibility index (Phi) is 4.77. The summed E-state index contributed by atoms with van der Waals surface area (Å²) < 4.78 is 0. The predicted molar refractivity (Wildman–Crippen MR) is 61.0 cm³/mol. The topological polar surface area (TPSA) is 66.4 Å². The third-order valence-electron chi connectivity index (χ3n) is 2.88. The number of nitrogens with one attached hydrogen (secondary N) is 1. The number of aliphatic carboxylic acids is 1. The highest BCUT2D eigenvalue weighted by Crippen LogP contribution is 2.34. The van der Waals surface area contributed by atoms with Gasteiger partial charge in [0.05, 0.1) is 6.42 Å². The zero-order valence-corrected chi connectivity index (χ0v) is 10.0. The molecule has 1 fully saturated rings. The molecule has 4 heteroatoms. The van der Waals surface area contributed by atoms with E-state index >= 15 is 0 Å². The number of hydrogen-bond donors (Lipinski definition) is 2. The zero-order valence-electron chi connectivity index (χ0n) is 10.0. The van der Waals surface area contributed by atoms with Gasteiger partial charge in [-0.2, -0.15) is 0 Å². The van der Waals surface area contributed by atoms with E-state index in [4.69, 9.17) is 5.11 Å². The van der Waals surface area contributed by atoms with Gasteiger partial charge in [-0.05, 0) is 31.1 Å². The molecule has 1 amide bonds. The molecule has 1 unspecified atom stereocenters. The van der Waals surface area contributed by atoms with Crippen LogP contribution < -0.4 is 5.32 Å². The highest BCUT2D eigenvalue weighted by atomic mass is 16.4. The molecular formula is C12H21NO3. The van der Waals surface area contributed by atoms with Crippen LogP contribution >= 0.6 is 0 Å². The number of amides is 1. The molecule has 0 aromatic rings. The molecule has 0 aliphatic heterocycles. The summed E-state index contributed by atoms with van der Waals surface area (Å²) in [4.78, 5) is 22.2. The molecule has 0 radical (unpaired) electrons. The molecule has 0 heterocycles. The lowest BCUT2D eigenvalue weighted by molar-refractivity contribution is -0.137. The second-order valence-corrected chi connectivity index (χ2v) is 5.04. The van der Waals surface area contributed by atoms with Crippen LogP contribution in [-0.4, -0.2) is 23.0 Å². The van der Waals surface area contributed by atoms with Gasteiger partial charge in [-0.15, -0.1) is 0 Å². The lowest BCUT2D eigenvalue weighted by Gasteiger charge is -2.16. The van der Waals surface area contributed by atoms with Crippen LogP contribution in [0.4, 0.5) is 0 Å². The summed E-state index contributed by atoms with van der Waals surface area (Å²) in [6.07, 6.45) is 3.50. The van der Waals surface area contributed by atoms with Gasteiger partial charge >= 0.3 is 5.97 Å². The number of carboxylic acids is 1. The van der Waals surface area contributed by atoms with E-state index < -0.39 is 5.97 Å². The Balaban J connectivity index is 2.30. The van der Waals surface area contributed by atoms with Crippen LogP contribution in [0.15, 0.2) is 0 Å². The fourth-order valence-electron chi connectivity index (χ4n) is 1.72. The van der Waals surface area contributed by atoms with Gasteiger partial charge in [0.2, 0.25) is 5.91 Å². The predicted octanol–water partition coefficient (Wildman–Crippen LogP) is 1.79. The van der Waals surface area contributed by atoms with Crippen molar-refractivity contribution in [3.63, 3.8) is 0 Å². The first-order chi connectivity index (χ1) is 7.49. The maximum atomic E-state index is 11.6. The fourth-order valence-corrected chi connectivity index (χ4v) is 1.72. The number of carbonyl (C=O) groups excluding carboxylic acids is 1. The maximum Gasteiger partial charge on any atom is 0.305 e. The van der Waals surface area contributed by atoms with Crippen LogP contribution in [0.25, 0.3) is 0 Å². The molecule has 1 rings (SSSR count). The first kappa shape index (κ1) is 13.0. The van der Waals surface area contributed by atoms with Crippen LogP contribution in [-0.2, 0) is 9.59 Å². The zero-order chi connectivity index (χ0) is 12.1. The van der Waals surface area contributed by atoms with E-state index in [1.54, 1.807) is 0 Å². The minimum Gasteiger partial charge on any atom is -0.481 e. The molecule has 0 bridgehead atoms. The van der Waals surface area contributed by atoms with Crippen molar-refractivity contribution in [1.82, 2.24) is 5.32 Å². The minimum absolute atomic E-state index is 0.00755. The molecule has 1 atom stereocenters. The Morgan fingerprint density at radius 3 is 2.44 bits per heavy atom. The van der Waals surface area contributed by atoms with E-state index in [-0.39, 0.29) is 18.4 Å². The van der Waals surface area contributed by atoms with E-state index in [9.17, 15) is 9.59 Å². The first-order valence-electron chi connectivity index (χ1n) is 6.00. The van der Waals surface area contributed by atoms with Crippen molar-refractivity contribution in [2.45, 2.75) is 52.0 Å². The average Bonchev–Trinajstić information content (AvgIpc) is 2.96. The largest absolute Gasteiger partial charge is 0.481 e. The fraction of sp³-hybridized carbons (Fsp3) is 0.833. The van der Waals surface area contributed by atoms with Gasteiger partial charge in [0.25, 0.3) is 0 Å². The Hall–Kier alpha value is -1.06. The Morgan fingerprint density at radius 1 is 1.38 bits per heavy atom. The third kappa shape index (κ3) is 5.14. The summed E-state index contributed by atoms with van der Waals surface area (Å²) >= 11 is 0. The van der Waals surface area contributed by atoms with E-state index in [1.165, 1.54) is 0 Å². The summed E-state index contributed by atoms with van der Waals surface area (Å²) in [6, 6.07) is -0.155. The number of hydrogen-bond acceptors (Lipinski definition) is 2. The summed E-state index contributed by atoms with van der Waals surface area (Å²) in [7, 11) is 0. The van der Waals surface area contributed by atoms with Crippen LogP contribution in [0.5, 0.6) is 0 Å². The van der Waals surface area contributed by atoms with Gasteiger partial charge in [0, 0.05) is 12.5 Å². The minimum atomic E-state index is -0.832. The van der Waals surface area contributed by atoms with E-state index in [2.05, 4.69) is 19.2 Å². The molecule has 2 N–H and O–H groups in total. The molecule has 0 saturated heterocycles. The molecule has 0 aromatic carbocycles. The quantitative estimate of drug-likeness (QED) is 0.697. The number of carbonyl (C=O) groups is 2. The Bertz CT molecular complexity index is 259. The van der Waals surface area contributed by atoms with Gasteiger partial charge in [-0.3, -0.25) is 9.59 Å². The molecule has 16 heavy (non-hydrogen) atoms. The van der Waals surface area contributed by atoms with Crippen molar-refractivity contribution < 1.29 is 14.7 Å². The summed E-state index contributed by atoms with van der Waals surface area (Å²) in [5.41, 5.74) is 0. The highest BCUT2D eigenvalue weighted by molar-refractivity contribution is 5.77. The van der Waals surface area contributed by atoms with Crippen LogP contribution in [0, 0.1) is 11.8 Å². The number of rotatable bonds is 7. The smallest absolute Gasteiger partial charge is 0.305 e.